The van der Waals surface area contributed by atoms with E-state index in [1.165, 1.54) is 0 Å². The van der Waals surface area contributed by atoms with Crippen LogP contribution >= 0.6 is 0 Å². The van der Waals surface area contributed by atoms with Gasteiger partial charge >= 0.3 is 0 Å². The van der Waals surface area contributed by atoms with E-state index < -0.39 is 6.04 Å². The van der Waals surface area contributed by atoms with Crippen LogP contribution in [0.5, 0.6) is 0 Å². The van der Waals surface area contributed by atoms with Crippen molar-refractivity contribution in [3.8, 4) is 11.4 Å². The van der Waals surface area contributed by atoms with E-state index in [9.17, 15) is 4.79 Å². The normalized spacial score (nSPS) is 17.5. The molecule has 3 N–H and O–H groups in total. The summed E-state index contributed by atoms with van der Waals surface area (Å²) in [6, 6.07) is 9.49. The molecule has 2 aromatic rings. The SMILES string of the molecule is C[C@@H](N)C(=O)N1CCC(c2nc(-c3ccccc3)n[nH]2)CC1. The molecule has 0 aliphatic carbocycles. The summed E-state index contributed by atoms with van der Waals surface area (Å²) in [6.07, 6.45) is 1.78. The monoisotopic (exact) mass is 299 g/mol. The van der Waals surface area contributed by atoms with E-state index >= 15 is 0 Å². The van der Waals surface area contributed by atoms with Gasteiger partial charge < -0.3 is 10.6 Å². The summed E-state index contributed by atoms with van der Waals surface area (Å²) in [6.45, 7) is 3.19. The number of hydrogen-bond acceptors (Lipinski definition) is 4. The van der Waals surface area contributed by atoms with Gasteiger partial charge in [-0.3, -0.25) is 9.89 Å². The second kappa shape index (κ2) is 6.27. The minimum atomic E-state index is -0.425. The highest BCUT2D eigenvalue weighted by Crippen LogP contribution is 2.27. The summed E-state index contributed by atoms with van der Waals surface area (Å²) in [5.74, 6) is 1.99. The number of piperidine rings is 1. The largest absolute Gasteiger partial charge is 0.341 e. The minimum absolute atomic E-state index is 0.0287. The van der Waals surface area contributed by atoms with Crippen molar-refractivity contribution < 1.29 is 4.79 Å². The molecule has 0 radical (unpaired) electrons. The molecule has 116 valence electrons. The average Bonchev–Trinajstić information content (AvgIpc) is 3.05. The lowest BCUT2D eigenvalue weighted by Gasteiger charge is -2.32. The average molecular weight is 299 g/mol. The van der Waals surface area contributed by atoms with Crippen molar-refractivity contribution in [1.82, 2.24) is 20.1 Å². The van der Waals surface area contributed by atoms with Crippen molar-refractivity contribution in [1.29, 1.82) is 0 Å². The summed E-state index contributed by atoms with van der Waals surface area (Å²) in [5, 5.41) is 7.36. The molecule has 3 rings (SSSR count). The fraction of sp³-hybridized carbons (Fsp3) is 0.438. The van der Waals surface area contributed by atoms with E-state index in [0.29, 0.717) is 5.92 Å². The fourth-order valence-electron chi connectivity index (χ4n) is 2.83. The summed E-state index contributed by atoms with van der Waals surface area (Å²) in [7, 11) is 0. The first-order chi connectivity index (χ1) is 10.6. The van der Waals surface area contributed by atoms with Crippen molar-refractivity contribution in [3.05, 3.63) is 36.2 Å². The molecule has 0 spiro atoms. The number of rotatable bonds is 3. The summed E-state index contributed by atoms with van der Waals surface area (Å²) in [5.41, 5.74) is 6.67. The standard InChI is InChI=1S/C16H21N5O/c1-11(17)16(22)21-9-7-13(8-10-21)15-18-14(19-20-15)12-5-3-2-4-6-12/h2-6,11,13H,7-10,17H2,1H3,(H,18,19,20)/t11-/m1/s1. The number of likely N-dealkylation sites (tertiary alicyclic amines) is 1. The quantitative estimate of drug-likeness (QED) is 0.899. The highest BCUT2D eigenvalue weighted by Gasteiger charge is 2.27. The molecule has 1 saturated heterocycles. The zero-order chi connectivity index (χ0) is 15.5. The lowest BCUT2D eigenvalue weighted by molar-refractivity contribution is -0.133. The number of aromatic amines is 1. The Hall–Kier alpha value is -2.21. The van der Waals surface area contributed by atoms with Crippen molar-refractivity contribution >= 4 is 5.91 Å². The summed E-state index contributed by atoms with van der Waals surface area (Å²) in [4.78, 5) is 18.4. The molecule has 0 saturated carbocycles. The van der Waals surface area contributed by atoms with Crippen LogP contribution in [0.4, 0.5) is 0 Å². The zero-order valence-electron chi connectivity index (χ0n) is 12.7. The van der Waals surface area contributed by atoms with Gasteiger partial charge in [0.05, 0.1) is 6.04 Å². The third-order valence-electron chi connectivity index (χ3n) is 4.12. The molecule has 1 fully saturated rings. The van der Waals surface area contributed by atoms with Crippen LogP contribution < -0.4 is 5.73 Å². The molecule has 6 heteroatoms. The molecule has 0 unspecified atom stereocenters. The van der Waals surface area contributed by atoms with Gasteiger partial charge in [0.15, 0.2) is 5.82 Å². The number of aromatic nitrogens is 3. The van der Waals surface area contributed by atoms with E-state index in [4.69, 9.17) is 5.73 Å². The smallest absolute Gasteiger partial charge is 0.239 e. The number of nitrogens with one attached hydrogen (secondary N) is 1. The number of hydrogen-bond donors (Lipinski definition) is 2. The number of carbonyl (C=O) groups is 1. The molecule has 6 nitrogen and oxygen atoms in total. The Labute approximate surface area is 129 Å². The molecule has 0 bridgehead atoms. The van der Waals surface area contributed by atoms with Crippen LogP contribution in [-0.2, 0) is 4.79 Å². The van der Waals surface area contributed by atoms with E-state index in [0.717, 1.165) is 43.1 Å². The molecule has 1 atom stereocenters. The molecule has 22 heavy (non-hydrogen) atoms. The third-order valence-corrected chi connectivity index (χ3v) is 4.12. The molecule has 1 aromatic heterocycles. The van der Waals surface area contributed by atoms with E-state index in [-0.39, 0.29) is 5.91 Å². The Morgan fingerprint density at radius 1 is 1.32 bits per heavy atom. The van der Waals surface area contributed by atoms with Crippen LogP contribution in [0.2, 0.25) is 0 Å². The summed E-state index contributed by atoms with van der Waals surface area (Å²) < 4.78 is 0. The van der Waals surface area contributed by atoms with E-state index in [1.54, 1.807) is 6.92 Å². The van der Waals surface area contributed by atoms with Gasteiger partial charge in [-0.2, -0.15) is 5.10 Å². The Morgan fingerprint density at radius 2 is 2.00 bits per heavy atom. The number of nitrogens with zero attached hydrogens (tertiary/aromatic N) is 3. The Balaban J connectivity index is 1.65. The van der Waals surface area contributed by atoms with Gasteiger partial charge in [0.25, 0.3) is 0 Å². The fourth-order valence-corrected chi connectivity index (χ4v) is 2.83. The number of amides is 1. The van der Waals surface area contributed by atoms with Crippen LogP contribution in [0.3, 0.4) is 0 Å². The number of carbonyl (C=O) groups excluding carboxylic acids is 1. The Bertz CT molecular complexity index is 629. The predicted octanol–water partition coefficient (Wildman–Crippen LogP) is 1.52. The minimum Gasteiger partial charge on any atom is -0.341 e. The van der Waals surface area contributed by atoms with Crippen molar-refractivity contribution in [3.63, 3.8) is 0 Å². The molecule has 1 aliphatic rings. The van der Waals surface area contributed by atoms with E-state index in [1.807, 2.05) is 35.2 Å². The van der Waals surface area contributed by atoms with Crippen LogP contribution in [0, 0.1) is 0 Å². The van der Waals surface area contributed by atoms with Gasteiger partial charge in [0, 0.05) is 24.6 Å². The molecule has 1 aromatic carbocycles. The first-order valence-electron chi connectivity index (χ1n) is 7.67. The maximum absolute atomic E-state index is 11.9. The number of nitrogens with two attached hydrogens (primary N) is 1. The maximum atomic E-state index is 11.9. The molecule has 1 aliphatic heterocycles. The second-order valence-electron chi connectivity index (χ2n) is 5.80. The Morgan fingerprint density at radius 3 is 2.64 bits per heavy atom. The van der Waals surface area contributed by atoms with Crippen molar-refractivity contribution in [2.45, 2.75) is 31.7 Å². The van der Waals surface area contributed by atoms with Crippen LogP contribution in [-0.4, -0.2) is 45.1 Å². The third kappa shape index (κ3) is 3.01. The molecule has 2 heterocycles. The number of H-pyrrole nitrogens is 1. The van der Waals surface area contributed by atoms with Gasteiger partial charge in [-0.15, -0.1) is 0 Å². The Kier molecular flexibility index (Phi) is 4.20. The van der Waals surface area contributed by atoms with Gasteiger partial charge in [-0.05, 0) is 19.8 Å². The van der Waals surface area contributed by atoms with Crippen LogP contribution in [0.25, 0.3) is 11.4 Å². The first-order valence-corrected chi connectivity index (χ1v) is 7.67. The lowest BCUT2D eigenvalue weighted by atomic mass is 9.96. The highest BCUT2D eigenvalue weighted by atomic mass is 16.2. The predicted molar refractivity (Wildman–Crippen MR) is 84.0 cm³/mol. The zero-order valence-corrected chi connectivity index (χ0v) is 12.7. The van der Waals surface area contributed by atoms with Gasteiger partial charge in [-0.1, -0.05) is 30.3 Å². The first kappa shape index (κ1) is 14.7. The van der Waals surface area contributed by atoms with Gasteiger partial charge in [-0.25, -0.2) is 4.98 Å². The molecular weight excluding hydrogens is 278 g/mol. The van der Waals surface area contributed by atoms with Gasteiger partial charge in [0.2, 0.25) is 5.91 Å². The maximum Gasteiger partial charge on any atom is 0.239 e. The molecular formula is C16H21N5O. The van der Waals surface area contributed by atoms with Crippen LogP contribution in [0.1, 0.15) is 31.5 Å². The van der Waals surface area contributed by atoms with Crippen molar-refractivity contribution in [2.24, 2.45) is 5.73 Å². The number of benzene rings is 1. The highest BCUT2D eigenvalue weighted by molar-refractivity contribution is 5.81. The summed E-state index contributed by atoms with van der Waals surface area (Å²) >= 11 is 0. The van der Waals surface area contributed by atoms with Gasteiger partial charge in [0.1, 0.15) is 5.82 Å². The molecule has 1 amide bonds. The van der Waals surface area contributed by atoms with Crippen molar-refractivity contribution in [2.75, 3.05) is 13.1 Å². The topological polar surface area (TPSA) is 87.9 Å². The van der Waals surface area contributed by atoms with Crippen LogP contribution in [0.15, 0.2) is 30.3 Å². The lowest BCUT2D eigenvalue weighted by Crippen LogP contribution is -2.45. The second-order valence-corrected chi connectivity index (χ2v) is 5.80. The van der Waals surface area contributed by atoms with E-state index in [2.05, 4.69) is 15.2 Å².